The van der Waals surface area contributed by atoms with E-state index in [-0.39, 0.29) is 11.8 Å². The Kier molecular flexibility index (Phi) is 4.98. The van der Waals surface area contributed by atoms with E-state index in [4.69, 9.17) is 9.26 Å². The van der Waals surface area contributed by atoms with Crippen LogP contribution in [0.15, 0.2) is 10.7 Å². The van der Waals surface area contributed by atoms with E-state index in [0.717, 1.165) is 0 Å². The van der Waals surface area contributed by atoms with E-state index < -0.39 is 16.1 Å². The standard InChI is InChI=1S/C11H19N5O5S/c1-9(20-2)11(17)12-10-8-16(13-21-10)14-4-6-15(7-5-14)22(3,18)19/h8-9H,4-7H2,1-3H3/p+1. The van der Waals surface area contributed by atoms with Gasteiger partial charge in [0.15, 0.2) is 0 Å². The zero-order valence-electron chi connectivity index (χ0n) is 12.7. The van der Waals surface area contributed by atoms with E-state index in [2.05, 4.69) is 10.6 Å². The van der Waals surface area contributed by atoms with Crippen LogP contribution in [0.5, 0.6) is 0 Å². The molecule has 1 amide bonds. The number of ether oxygens (including phenoxy) is 1. The second kappa shape index (κ2) is 6.58. The van der Waals surface area contributed by atoms with Crippen molar-refractivity contribution < 1.29 is 27.3 Å². The Morgan fingerprint density at radius 3 is 2.64 bits per heavy atom. The average Bonchev–Trinajstić information content (AvgIpc) is 2.94. The molecule has 1 aromatic rings. The zero-order valence-corrected chi connectivity index (χ0v) is 13.5. The molecule has 1 aromatic heterocycles. The molecule has 1 fully saturated rings. The van der Waals surface area contributed by atoms with Crippen molar-refractivity contribution in [1.82, 2.24) is 9.58 Å². The Morgan fingerprint density at radius 2 is 2.09 bits per heavy atom. The minimum atomic E-state index is -3.17. The summed E-state index contributed by atoms with van der Waals surface area (Å²) in [6.07, 6.45) is 2.12. The molecule has 0 aliphatic carbocycles. The number of amides is 1. The maximum Gasteiger partial charge on any atom is 0.305 e. The number of carbonyl (C=O) groups excluding carboxylic acids is 1. The van der Waals surface area contributed by atoms with Crippen molar-refractivity contribution in [2.24, 2.45) is 0 Å². The van der Waals surface area contributed by atoms with Crippen LogP contribution in [0.4, 0.5) is 5.88 Å². The third-order valence-electron chi connectivity index (χ3n) is 3.40. The molecule has 1 aliphatic heterocycles. The lowest BCUT2D eigenvalue weighted by atomic mass is 10.4. The first-order valence-electron chi connectivity index (χ1n) is 6.74. The van der Waals surface area contributed by atoms with Crippen molar-refractivity contribution in [3.05, 3.63) is 6.20 Å². The van der Waals surface area contributed by atoms with Crippen molar-refractivity contribution in [3.63, 3.8) is 0 Å². The number of rotatable bonds is 5. The number of nitrogens with zero attached hydrogens (tertiary/aromatic N) is 4. The van der Waals surface area contributed by atoms with E-state index >= 15 is 0 Å². The quantitative estimate of drug-likeness (QED) is 0.630. The fourth-order valence-corrected chi connectivity index (χ4v) is 2.80. The number of methoxy groups -OCH3 is 1. The smallest absolute Gasteiger partial charge is 0.305 e. The molecule has 0 radical (unpaired) electrons. The average molecular weight is 334 g/mol. The number of nitrogens with one attached hydrogen (secondary N) is 1. The SMILES string of the molecule is COC(C)C(=O)Nc1c[n+](N2CCN(S(C)(=O)=O)CC2)no1. The van der Waals surface area contributed by atoms with Gasteiger partial charge in [0.25, 0.3) is 12.1 Å². The molecule has 1 aliphatic rings. The van der Waals surface area contributed by atoms with Crippen LogP contribution in [-0.4, -0.2) is 69.6 Å². The summed E-state index contributed by atoms with van der Waals surface area (Å²) in [6, 6.07) is 0. The normalized spacial score (nSPS) is 18.2. The first-order valence-corrected chi connectivity index (χ1v) is 8.59. The van der Waals surface area contributed by atoms with Crippen molar-refractivity contribution in [2.75, 3.05) is 49.9 Å². The fourth-order valence-electron chi connectivity index (χ4n) is 1.97. The van der Waals surface area contributed by atoms with Crippen LogP contribution in [-0.2, 0) is 19.6 Å². The molecule has 11 heteroatoms. The Morgan fingerprint density at radius 1 is 1.45 bits per heavy atom. The summed E-state index contributed by atoms with van der Waals surface area (Å²) in [5.41, 5.74) is 0. The zero-order chi connectivity index (χ0) is 16.3. The molecular weight excluding hydrogens is 314 g/mol. The van der Waals surface area contributed by atoms with Gasteiger partial charge in [0.1, 0.15) is 6.10 Å². The highest BCUT2D eigenvalue weighted by molar-refractivity contribution is 7.88. The Balaban J connectivity index is 1.94. The van der Waals surface area contributed by atoms with Gasteiger partial charge in [0.05, 0.1) is 24.1 Å². The summed E-state index contributed by atoms with van der Waals surface area (Å²) in [4.78, 5) is 13.1. The second-order valence-corrected chi connectivity index (χ2v) is 6.95. The molecule has 2 heterocycles. The molecule has 2 rings (SSSR count). The molecule has 1 N–H and O–H groups in total. The number of hydrogen-bond acceptors (Lipinski definition) is 7. The van der Waals surface area contributed by atoms with E-state index in [9.17, 15) is 13.2 Å². The van der Waals surface area contributed by atoms with E-state index in [1.165, 1.54) is 28.7 Å². The van der Waals surface area contributed by atoms with E-state index in [1.807, 2.05) is 5.01 Å². The van der Waals surface area contributed by atoms with Gasteiger partial charge < -0.3 is 4.74 Å². The van der Waals surface area contributed by atoms with E-state index in [1.54, 1.807) is 6.92 Å². The molecule has 1 unspecified atom stereocenters. The number of anilines is 1. The second-order valence-electron chi connectivity index (χ2n) is 4.97. The summed E-state index contributed by atoms with van der Waals surface area (Å²) < 4.78 is 34.2. The Bertz CT molecular complexity index is 623. The molecule has 0 spiro atoms. The van der Waals surface area contributed by atoms with Gasteiger partial charge in [0.2, 0.25) is 15.3 Å². The Labute approximate surface area is 128 Å². The van der Waals surface area contributed by atoms with Crippen molar-refractivity contribution in [2.45, 2.75) is 13.0 Å². The van der Waals surface area contributed by atoms with Gasteiger partial charge in [-0.25, -0.2) is 8.42 Å². The summed E-state index contributed by atoms with van der Waals surface area (Å²) in [7, 11) is -1.74. The molecule has 0 aromatic carbocycles. The highest BCUT2D eigenvalue weighted by atomic mass is 32.2. The van der Waals surface area contributed by atoms with E-state index in [0.29, 0.717) is 26.2 Å². The predicted octanol–water partition coefficient (Wildman–Crippen LogP) is -1.85. The predicted molar refractivity (Wildman–Crippen MR) is 76.2 cm³/mol. The van der Waals surface area contributed by atoms with Crippen LogP contribution in [0.1, 0.15) is 6.92 Å². The van der Waals surface area contributed by atoms with Gasteiger partial charge in [-0.2, -0.15) is 9.31 Å². The summed E-state index contributed by atoms with van der Waals surface area (Å²) in [5.74, 6) is -0.146. The third kappa shape index (κ3) is 3.93. The van der Waals surface area contributed by atoms with Gasteiger partial charge in [0, 0.05) is 20.2 Å². The number of sulfonamides is 1. The molecule has 10 nitrogen and oxygen atoms in total. The number of hydrogen-bond donors (Lipinski definition) is 1. The largest absolute Gasteiger partial charge is 0.372 e. The van der Waals surface area contributed by atoms with Gasteiger partial charge in [-0.3, -0.25) is 14.6 Å². The fraction of sp³-hybridized carbons (Fsp3) is 0.727. The molecule has 1 saturated heterocycles. The molecule has 0 saturated carbocycles. The molecule has 124 valence electrons. The summed E-state index contributed by atoms with van der Waals surface area (Å²) in [6.45, 7) is 3.32. The number of carbonyl (C=O) groups is 1. The summed E-state index contributed by atoms with van der Waals surface area (Å²) >= 11 is 0. The molecule has 22 heavy (non-hydrogen) atoms. The van der Waals surface area contributed by atoms with Crippen molar-refractivity contribution in [1.29, 1.82) is 0 Å². The van der Waals surface area contributed by atoms with Crippen LogP contribution in [0, 0.1) is 0 Å². The van der Waals surface area contributed by atoms with Crippen LogP contribution < -0.4 is 15.1 Å². The Hall–Kier alpha value is -1.72. The lowest BCUT2D eigenvalue weighted by Crippen LogP contribution is -2.65. The van der Waals surface area contributed by atoms with Crippen molar-refractivity contribution >= 4 is 21.8 Å². The van der Waals surface area contributed by atoms with Crippen molar-refractivity contribution in [3.8, 4) is 0 Å². The summed E-state index contributed by atoms with van der Waals surface area (Å²) in [5, 5.41) is 8.17. The highest BCUT2D eigenvalue weighted by Gasteiger charge is 2.30. The molecule has 1 atom stereocenters. The van der Waals surface area contributed by atoms with Gasteiger partial charge in [-0.05, 0) is 6.92 Å². The number of piperazine rings is 1. The van der Waals surface area contributed by atoms with Crippen LogP contribution in [0.2, 0.25) is 0 Å². The lowest BCUT2D eigenvalue weighted by Gasteiger charge is -2.27. The number of aromatic nitrogens is 2. The molecule has 0 bridgehead atoms. The van der Waals surface area contributed by atoms with Crippen LogP contribution in [0.25, 0.3) is 0 Å². The maximum absolute atomic E-state index is 11.7. The van der Waals surface area contributed by atoms with Crippen LogP contribution in [0.3, 0.4) is 0 Å². The minimum Gasteiger partial charge on any atom is -0.372 e. The first kappa shape index (κ1) is 16.6. The third-order valence-corrected chi connectivity index (χ3v) is 4.70. The lowest BCUT2D eigenvalue weighted by molar-refractivity contribution is -0.759. The highest BCUT2D eigenvalue weighted by Crippen LogP contribution is 2.05. The monoisotopic (exact) mass is 334 g/mol. The van der Waals surface area contributed by atoms with Gasteiger partial charge in [-0.1, -0.05) is 0 Å². The van der Waals surface area contributed by atoms with Crippen LogP contribution >= 0.6 is 0 Å². The first-order chi connectivity index (χ1) is 10.3. The minimum absolute atomic E-state index is 0.194. The van der Waals surface area contributed by atoms with Gasteiger partial charge in [-0.15, -0.1) is 0 Å². The molecular formula is C11H20N5O5S+. The van der Waals surface area contributed by atoms with Gasteiger partial charge >= 0.3 is 5.88 Å². The topological polar surface area (TPSA) is 109 Å². The maximum atomic E-state index is 11.7.